The van der Waals surface area contributed by atoms with Crippen LogP contribution in [0.3, 0.4) is 0 Å². The molecule has 0 N–H and O–H groups in total. The number of ether oxygens (including phenoxy) is 1. The summed E-state index contributed by atoms with van der Waals surface area (Å²) in [5, 5.41) is 0. The number of likely N-dealkylation sites (N-methyl/N-ethyl adjacent to an activating group) is 1. The van der Waals surface area contributed by atoms with Crippen molar-refractivity contribution in [2.75, 3.05) is 20.7 Å². The topological polar surface area (TPSA) is 49.9 Å². The molecule has 1 aromatic rings. The molecule has 1 heterocycles. The second-order valence-corrected chi connectivity index (χ2v) is 5.66. The van der Waals surface area contributed by atoms with Gasteiger partial charge in [-0.05, 0) is 25.5 Å². The lowest BCUT2D eigenvalue weighted by Gasteiger charge is -2.40. The molecule has 0 saturated heterocycles. The molecule has 0 bridgehead atoms. The zero-order valence-corrected chi connectivity index (χ0v) is 14.3. The molecule has 0 spiro atoms. The number of nitrogens with zero attached hydrogens (tertiary/aromatic N) is 2. The highest BCUT2D eigenvalue weighted by atomic mass is 19.4. The Hall–Kier alpha value is -2.51. The van der Waals surface area contributed by atoms with Crippen molar-refractivity contribution in [2.24, 2.45) is 0 Å². The van der Waals surface area contributed by atoms with Crippen molar-refractivity contribution in [3.63, 3.8) is 0 Å². The maximum Gasteiger partial charge on any atom is 0.416 e. The number of esters is 1. The molecule has 2 amide bonds. The first-order valence-electron chi connectivity index (χ1n) is 7.65. The zero-order chi connectivity index (χ0) is 18.9. The molecule has 1 aliphatic rings. The molecule has 0 saturated carbocycles. The highest BCUT2D eigenvalue weighted by Crippen LogP contribution is 2.42. The van der Waals surface area contributed by atoms with Crippen LogP contribution < -0.4 is 0 Å². The molecular formula is C17H19F3N2O3. The van der Waals surface area contributed by atoms with Crippen molar-refractivity contribution in [3.05, 3.63) is 46.7 Å². The number of amides is 2. The van der Waals surface area contributed by atoms with Gasteiger partial charge < -0.3 is 14.5 Å². The van der Waals surface area contributed by atoms with Gasteiger partial charge in [0.15, 0.2) is 0 Å². The Labute approximate surface area is 143 Å². The molecule has 136 valence electrons. The van der Waals surface area contributed by atoms with Crippen molar-refractivity contribution in [2.45, 2.75) is 26.1 Å². The fourth-order valence-corrected chi connectivity index (χ4v) is 2.89. The summed E-state index contributed by atoms with van der Waals surface area (Å²) in [5.41, 5.74) is -0.771. The summed E-state index contributed by atoms with van der Waals surface area (Å²) in [6, 6.07) is 3.23. The van der Waals surface area contributed by atoms with Gasteiger partial charge in [0.05, 0.1) is 23.8 Å². The van der Waals surface area contributed by atoms with Crippen LogP contribution in [-0.4, -0.2) is 42.5 Å². The summed E-state index contributed by atoms with van der Waals surface area (Å²) in [6.45, 7) is 3.19. The quantitative estimate of drug-likeness (QED) is 0.778. The lowest BCUT2D eigenvalue weighted by atomic mass is 9.90. The summed E-state index contributed by atoms with van der Waals surface area (Å²) in [4.78, 5) is 27.2. The Morgan fingerprint density at radius 2 is 1.84 bits per heavy atom. The first kappa shape index (κ1) is 18.8. The summed E-state index contributed by atoms with van der Waals surface area (Å²) in [6.07, 6.45) is -4.61. The summed E-state index contributed by atoms with van der Waals surface area (Å²) in [5.74, 6) is -0.742. The SMILES string of the molecule is CCOC(=O)C1=C(C)N(C)C(=O)N(C)[C@@H]1c1ccccc1C(F)(F)F. The molecule has 0 fully saturated rings. The molecule has 0 radical (unpaired) electrons. The molecule has 1 atom stereocenters. The van der Waals surface area contributed by atoms with Crippen molar-refractivity contribution in [1.29, 1.82) is 0 Å². The lowest BCUT2D eigenvalue weighted by molar-refractivity contribution is -0.141. The van der Waals surface area contributed by atoms with Crippen LogP contribution >= 0.6 is 0 Å². The third kappa shape index (κ3) is 3.33. The molecule has 5 nitrogen and oxygen atoms in total. The van der Waals surface area contributed by atoms with E-state index in [0.29, 0.717) is 0 Å². The average Bonchev–Trinajstić information content (AvgIpc) is 2.55. The van der Waals surface area contributed by atoms with Crippen molar-refractivity contribution in [3.8, 4) is 0 Å². The maximum absolute atomic E-state index is 13.4. The van der Waals surface area contributed by atoms with E-state index in [2.05, 4.69) is 0 Å². The van der Waals surface area contributed by atoms with Crippen LogP contribution in [0.25, 0.3) is 0 Å². The lowest BCUT2D eigenvalue weighted by Crippen LogP contribution is -2.47. The largest absolute Gasteiger partial charge is 0.463 e. The number of allylic oxidation sites excluding steroid dienone is 1. The van der Waals surface area contributed by atoms with Crippen LogP contribution in [0, 0.1) is 0 Å². The molecule has 0 aromatic heterocycles. The Kier molecular flexibility index (Phi) is 5.10. The molecule has 25 heavy (non-hydrogen) atoms. The molecule has 8 heteroatoms. The zero-order valence-electron chi connectivity index (χ0n) is 14.3. The highest BCUT2D eigenvalue weighted by molar-refractivity contribution is 5.95. The summed E-state index contributed by atoms with van der Waals surface area (Å²) in [7, 11) is 2.82. The normalized spacial score (nSPS) is 18.7. The Balaban J connectivity index is 2.72. The Bertz CT molecular complexity index is 728. The number of benzene rings is 1. The van der Waals surface area contributed by atoms with E-state index in [0.717, 1.165) is 11.0 Å². The van der Waals surface area contributed by atoms with Gasteiger partial charge in [-0.1, -0.05) is 18.2 Å². The number of urea groups is 1. The number of hydrogen-bond acceptors (Lipinski definition) is 3. The predicted octanol–water partition coefficient (Wildman–Crippen LogP) is 3.58. The van der Waals surface area contributed by atoms with Gasteiger partial charge in [-0.3, -0.25) is 0 Å². The van der Waals surface area contributed by atoms with Crippen molar-refractivity contribution < 1.29 is 27.5 Å². The number of alkyl halides is 3. The fraction of sp³-hybridized carbons (Fsp3) is 0.412. The van der Waals surface area contributed by atoms with Crippen LogP contribution in [0.2, 0.25) is 0 Å². The number of carbonyl (C=O) groups is 2. The van der Waals surface area contributed by atoms with Gasteiger partial charge in [-0.2, -0.15) is 13.2 Å². The van der Waals surface area contributed by atoms with Crippen LogP contribution in [0.1, 0.15) is 31.0 Å². The average molecular weight is 356 g/mol. The Morgan fingerprint density at radius 1 is 1.24 bits per heavy atom. The molecular weight excluding hydrogens is 337 g/mol. The third-order valence-corrected chi connectivity index (χ3v) is 4.20. The summed E-state index contributed by atoms with van der Waals surface area (Å²) < 4.78 is 45.3. The summed E-state index contributed by atoms with van der Waals surface area (Å²) >= 11 is 0. The first-order valence-corrected chi connectivity index (χ1v) is 7.65. The van der Waals surface area contributed by atoms with Gasteiger partial charge in [-0.25, -0.2) is 9.59 Å². The van der Waals surface area contributed by atoms with E-state index in [-0.39, 0.29) is 23.4 Å². The minimum Gasteiger partial charge on any atom is -0.463 e. The fourth-order valence-electron chi connectivity index (χ4n) is 2.89. The Morgan fingerprint density at radius 3 is 2.40 bits per heavy atom. The molecule has 0 aliphatic carbocycles. The highest BCUT2D eigenvalue weighted by Gasteiger charge is 2.43. The van der Waals surface area contributed by atoms with Crippen LogP contribution in [-0.2, 0) is 15.7 Å². The van der Waals surface area contributed by atoms with Gasteiger partial charge in [0, 0.05) is 19.8 Å². The standard InChI is InChI=1S/C17H19F3N2O3/c1-5-25-15(23)13-10(2)21(3)16(24)22(4)14(13)11-8-6-7-9-12(11)17(18,19)20/h6-9,14H,5H2,1-4H3/t14-/m1/s1. The van der Waals surface area contributed by atoms with E-state index >= 15 is 0 Å². The molecule has 1 aromatic carbocycles. The van der Waals surface area contributed by atoms with Gasteiger partial charge in [-0.15, -0.1) is 0 Å². The number of hydrogen-bond donors (Lipinski definition) is 0. The molecule has 0 unspecified atom stereocenters. The number of carbonyl (C=O) groups excluding carboxylic acids is 2. The second kappa shape index (κ2) is 6.78. The van der Waals surface area contributed by atoms with E-state index in [1.807, 2.05) is 0 Å². The van der Waals surface area contributed by atoms with Gasteiger partial charge >= 0.3 is 18.2 Å². The van der Waals surface area contributed by atoms with E-state index < -0.39 is 29.8 Å². The first-order chi connectivity index (χ1) is 11.6. The van der Waals surface area contributed by atoms with E-state index in [1.54, 1.807) is 6.92 Å². The van der Waals surface area contributed by atoms with E-state index in [9.17, 15) is 22.8 Å². The van der Waals surface area contributed by atoms with Gasteiger partial charge in [0.25, 0.3) is 0 Å². The predicted molar refractivity (Wildman–Crippen MR) is 84.4 cm³/mol. The molecule has 2 rings (SSSR count). The molecule has 1 aliphatic heterocycles. The smallest absolute Gasteiger partial charge is 0.416 e. The maximum atomic E-state index is 13.4. The second-order valence-electron chi connectivity index (χ2n) is 5.66. The minimum absolute atomic E-state index is 0.0168. The third-order valence-electron chi connectivity index (χ3n) is 4.20. The number of rotatable bonds is 3. The van der Waals surface area contributed by atoms with E-state index in [4.69, 9.17) is 4.74 Å². The van der Waals surface area contributed by atoms with Crippen molar-refractivity contribution >= 4 is 12.0 Å². The minimum atomic E-state index is -4.61. The van der Waals surface area contributed by atoms with Crippen molar-refractivity contribution in [1.82, 2.24) is 9.80 Å². The van der Waals surface area contributed by atoms with Gasteiger partial charge in [0.2, 0.25) is 0 Å². The number of halogens is 3. The van der Waals surface area contributed by atoms with Crippen LogP contribution in [0.5, 0.6) is 0 Å². The monoisotopic (exact) mass is 356 g/mol. The van der Waals surface area contributed by atoms with Crippen LogP contribution in [0.4, 0.5) is 18.0 Å². The van der Waals surface area contributed by atoms with E-state index in [1.165, 1.54) is 44.1 Å². The van der Waals surface area contributed by atoms with Gasteiger partial charge in [0.1, 0.15) is 0 Å². The van der Waals surface area contributed by atoms with Crippen LogP contribution in [0.15, 0.2) is 35.5 Å².